The van der Waals surface area contributed by atoms with Gasteiger partial charge in [-0.3, -0.25) is 14.2 Å². The number of aryl methyl sites for hydroxylation is 1. The zero-order chi connectivity index (χ0) is 19.6. The first-order chi connectivity index (χ1) is 12.9. The fourth-order valence-electron chi connectivity index (χ4n) is 3.50. The minimum atomic E-state index is -0.926. The van der Waals surface area contributed by atoms with E-state index in [9.17, 15) is 14.4 Å². The first-order valence-electron chi connectivity index (χ1n) is 8.99. The summed E-state index contributed by atoms with van der Waals surface area (Å²) >= 11 is 3.36. The number of benzene rings is 1. The number of rotatable bonds is 5. The molecule has 1 aliphatic heterocycles. The molecule has 27 heavy (non-hydrogen) atoms. The number of ether oxygens (including phenoxy) is 1. The summed E-state index contributed by atoms with van der Waals surface area (Å²) in [5, 5.41) is 0.497. The van der Waals surface area contributed by atoms with Gasteiger partial charge in [0.1, 0.15) is 5.54 Å². The lowest BCUT2D eigenvalue weighted by Gasteiger charge is -2.33. The number of hydrogen-bond acceptors (Lipinski definition) is 5. The lowest BCUT2D eigenvalue weighted by Crippen LogP contribution is -2.51. The molecule has 2 aromatic rings. The van der Waals surface area contributed by atoms with E-state index in [0.717, 1.165) is 10.9 Å². The quantitative estimate of drug-likeness (QED) is 0.673. The number of nitrogens with zero attached hydrogens (tertiary/aromatic N) is 3. The molecule has 1 atom stereocenters. The summed E-state index contributed by atoms with van der Waals surface area (Å²) in [5.74, 6) is -0.533. The van der Waals surface area contributed by atoms with Crippen molar-refractivity contribution in [1.82, 2.24) is 14.5 Å². The van der Waals surface area contributed by atoms with Crippen molar-refractivity contribution in [2.24, 2.45) is 0 Å². The Hall–Kier alpha value is -2.22. The number of halogens is 1. The zero-order valence-electron chi connectivity index (χ0n) is 15.4. The van der Waals surface area contributed by atoms with E-state index in [4.69, 9.17) is 4.74 Å². The molecule has 1 aliphatic rings. The van der Waals surface area contributed by atoms with Crippen molar-refractivity contribution in [2.75, 3.05) is 13.2 Å². The van der Waals surface area contributed by atoms with Crippen LogP contribution in [0.15, 0.2) is 33.8 Å². The van der Waals surface area contributed by atoms with Gasteiger partial charge in [0.05, 0.1) is 23.8 Å². The van der Waals surface area contributed by atoms with E-state index in [1.165, 1.54) is 10.9 Å². The van der Waals surface area contributed by atoms with Crippen LogP contribution >= 0.6 is 15.9 Å². The third kappa shape index (κ3) is 3.76. The van der Waals surface area contributed by atoms with Crippen LogP contribution in [0.1, 0.15) is 33.1 Å². The molecule has 1 aromatic heterocycles. The van der Waals surface area contributed by atoms with Crippen molar-refractivity contribution >= 4 is 38.7 Å². The summed E-state index contributed by atoms with van der Waals surface area (Å²) in [6.07, 6.45) is 2.92. The third-order valence-corrected chi connectivity index (χ3v) is 5.50. The van der Waals surface area contributed by atoms with Crippen LogP contribution in [0, 0.1) is 0 Å². The number of esters is 1. The van der Waals surface area contributed by atoms with E-state index in [0.29, 0.717) is 23.9 Å². The summed E-state index contributed by atoms with van der Waals surface area (Å²) in [6.45, 7) is 4.51. The highest BCUT2D eigenvalue weighted by Crippen LogP contribution is 2.31. The zero-order valence-corrected chi connectivity index (χ0v) is 17.0. The first-order valence-corrected chi connectivity index (χ1v) is 9.78. The molecule has 1 fully saturated rings. The lowest BCUT2D eigenvalue weighted by atomic mass is 9.99. The van der Waals surface area contributed by atoms with Gasteiger partial charge in [-0.25, -0.2) is 9.78 Å². The predicted molar refractivity (Wildman–Crippen MR) is 104 cm³/mol. The molecule has 0 unspecified atom stereocenters. The van der Waals surface area contributed by atoms with Crippen LogP contribution in [0.4, 0.5) is 0 Å². The maximum atomic E-state index is 12.7. The van der Waals surface area contributed by atoms with Crippen molar-refractivity contribution in [3.8, 4) is 0 Å². The molecule has 1 aromatic carbocycles. The molecule has 0 spiro atoms. The van der Waals surface area contributed by atoms with E-state index < -0.39 is 5.54 Å². The Morgan fingerprint density at radius 3 is 2.89 bits per heavy atom. The van der Waals surface area contributed by atoms with Crippen molar-refractivity contribution in [1.29, 1.82) is 0 Å². The molecule has 0 N–H and O–H groups in total. The SMILES string of the molecule is CCOC(=O)[C@@]1(C)CCCN1C(=O)CCn1cnc2ccc(Br)cc2c1=O. The summed E-state index contributed by atoms with van der Waals surface area (Å²) in [5.41, 5.74) is -0.506. The molecule has 8 heteroatoms. The molecule has 7 nitrogen and oxygen atoms in total. The van der Waals surface area contributed by atoms with Gasteiger partial charge in [0.2, 0.25) is 5.91 Å². The molecule has 1 saturated heterocycles. The Balaban J connectivity index is 1.76. The lowest BCUT2D eigenvalue weighted by molar-refractivity contribution is -0.160. The van der Waals surface area contributed by atoms with E-state index in [-0.39, 0.29) is 37.0 Å². The van der Waals surface area contributed by atoms with Gasteiger partial charge in [-0.1, -0.05) is 15.9 Å². The highest BCUT2D eigenvalue weighted by molar-refractivity contribution is 9.10. The van der Waals surface area contributed by atoms with Crippen LogP contribution in [0.25, 0.3) is 10.9 Å². The highest BCUT2D eigenvalue weighted by Gasteiger charge is 2.46. The van der Waals surface area contributed by atoms with Gasteiger partial charge in [0, 0.05) is 24.0 Å². The summed E-state index contributed by atoms with van der Waals surface area (Å²) in [7, 11) is 0. The number of carbonyl (C=O) groups excluding carboxylic acids is 2. The second-order valence-electron chi connectivity index (χ2n) is 6.80. The Morgan fingerprint density at radius 2 is 2.15 bits per heavy atom. The number of likely N-dealkylation sites (tertiary alicyclic amines) is 1. The van der Waals surface area contributed by atoms with Gasteiger partial charge < -0.3 is 9.64 Å². The third-order valence-electron chi connectivity index (χ3n) is 5.01. The van der Waals surface area contributed by atoms with Gasteiger partial charge in [0.25, 0.3) is 5.56 Å². The number of aromatic nitrogens is 2. The van der Waals surface area contributed by atoms with Crippen LogP contribution in [0.3, 0.4) is 0 Å². The normalized spacial score (nSPS) is 19.4. The van der Waals surface area contributed by atoms with Crippen LogP contribution in [-0.4, -0.2) is 45.0 Å². The standard InChI is InChI=1S/C19H22BrN3O4/c1-3-27-18(26)19(2)8-4-9-23(19)16(24)7-10-22-12-21-15-6-5-13(20)11-14(15)17(22)25/h5-6,11-12H,3-4,7-10H2,1-2H3/t19-/m1/s1. The van der Waals surface area contributed by atoms with Gasteiger partial charge in [-0.2, -0.15) is 0 Å². The topological polar surface area (TPSA) is 81.5 Å². The molecule has 0 radical (unpaired) electrons. The van der Waals surface area contributed by atoms with E-state index in [1.807, 2.05) is 6.07 Å². The van der Waals surface area contributed by atoms with Gasteiger partial charge in [0.15, 0.2) is 0 Å². The molecule has 144 valence electrons. The number of amides is 1. The van der Waals surface area contributed by atoms with Crippen LogP contribution in [0.2, 0.25) is 0 Å². The summed E-state index contributed by atoms with van der Waals surface area (Å²) in [4.78, 5) is 43.6. The Labute approximate surface area is 165 Å². The molecular weight excluding hydrogens is 414 g/mol. The maximum Gasteiger partial charge on any atom is 0.331 e. The first kappa shape index (κ1) is 19.5. The van der Waals surface area contributed by atoms with Crippen molar-refractivity contribution in [3.63, 3.8) is 0 Å². The van der Waals surface area contributed by atoms with Crippen LogP contribution < -0.4 is 5.56 Å². The van der Waals surface area contributed by atoms with Crippen molar-refractivity contribution in [2.45, 2.75) is 45.2 Å². The highest BCUT2D eigenvalue weighted by atomic mass is 79.9. The van der Waals surface area contributed by atoms with Gasteiger partial charge in [-0.15, -0.1) is 0 Å². The number of hydrogen-bond donors (Lipinski definition) is 0. The van der Waals surface area contributed by atoms with E-state index in [2.05, 4.69) is 20.9 Å². The summed E-state index contributed by atoms with van der Waals surface area (Å²) in [6, 6.07) is 5.32. The van der Waals surface area contributed by atoms with E-state index in [1.54, 1.807) is 30.9 Å². The molecule has 0 aliphatic carbocycles. The monoisotopic (exact) mass is 435 g/mol. The minimum absolute atomic E-state index is 0.121. The molecule has 3 rings (SSSR count). The minimum Gasteiger partial charge on any atom is -0.464 e. The summed E-state index contributed by atoms with van der Waals surface area (Å²) < 4.78 is 7.38. The van der Waals surface area contributed by atoms with Crippen LogP contribution in [0.5, 0.6) is 0 Å². The van der Waals surface area contributed by atoms with Crippen molar-refractivity contribution in [3.05, 3.63) is 39.4 Å². The fourth-order valence-corrected chi connectivity index (χ4v) is 3.86. The van der Waals surface area contributed by atoms with E-state index >= 15 is 0 Å². The fraction of sp³-hybridized carbons (Fsp3) is 0.474. The van der Waals surface area contributed by atoms with Crippen molar-refractivity contribution < 1.29 is 14.3 Å². The van der Waals surface area contributed by atoms with Crippen LogP contribution in [-0.2, 0) is 20.9 Å². The Bertz CT molecular complexity index is 942. The predicted octanol–water partition coefficient (Wildman–Crippen LogP) is 2.49. The smallest absolute Gasteiger partial charge is 0.331 e. The van der Waals surface area contributed by atoms with Gasteiger partial charge in [-0.05, 0) is 44.9 Å². The molecule has 2 heterocycles. The molecular formula is C19H22BrN3O4. The molecule has 0 saturated carbocycles. The number of fused-ring (bicyclic) bond motifs is 1. The second-order valence-corrected chi connectivity index (χ2v) is 7.71. The Morgan fingerprint density at radius 1 is 1.37 bits per heavy atom. The average Bonchev–Trinajstić information content (AvgIpc) is 3.05. The number of carbonyl (C=O) groups is 2. The Kier molecular flexibility index (Phi) is 5.64. The van der Waals surface area contributed by atoms with Gasteiger partial charge >= 0.3 is 5.97 Å². The average molecular weight is 436 g/mol. The largest absolute Gasteiger partial charge is 0.464 e. The maximum absolute atomic E-state index is 12.7. The second kappa shape index (κ2) is 7.80. The molecule has 1 amide bonds. The molecule has 0 bridgehead atoms.